The fraction of sp³-hybridized carbons (Fsp3) is 0.0400. The quantitative estimate of drug-likeness (QED) is 0.197. The number of anilines is 4. The van der Waals surface area contributed by atoms with Crippen LogP contribution < -0.4 is 10.2 Å². The summed E-state index contributed by atoms with van der Waals surface area (Å²) in [6.07, 6.45) is 0. The molecule has 0 spiro atoms. The largest absolute Gasteiger partial charge is 0.374 e. The van der Waals surface area contributed by atoms with E-state index in [9.17, 15) is 0 Å². The van der Waals surface area contributed by atoms with E-state index in [1.54, 1.807) is 0 Å². The Morgan fingerprint density at radius 1 is 0.491 bits per heavy atom. The highest BCUT2D eigenvalue weighted by Crippen LogP contribution is 2.59. The van der Waals surface area contributed by atoms with Gasteiger partial charge in [0.05, 0.1) is 28.5 Å². The van der Waals surface area contributed by atoms with Gasteiger partial charge in [0.2, 0.25) is 0 Å². The van der Waals surface area contributed by atoms with E-state index in [4.69, 9.17) is 0 Å². The fourth-order valence-corrected chi connectivity index (χ4v) is 10.5. The molecule has 0 fully saturated rings. The highest BCUT2D eigenvalue weighted by molar-refractivity contribution is 7.26. The number of benzene rings is 8. The number of hydrogen-bond acceptors (Lipinski definition) is 3. The van der Waals surface area contributed by atoms with Crippen molar-refractivity contribution in [2.45, 2.75) is 11.5 Å². The van der Waals surface area contributed by atoms with Crippen molar-refractivity contribution < 1.29 is 0 Å². The van der Waals surface area contributed by atoms with E-state index in [-0.39, 0.29) is 6.04 Å². The van der Waals surface area contributed by atoms with Gasteiger partial charge in [0.1, 0.15) is 0 Å². The van der Waals surface area contributed by atoms with Crippen LogP contribution in [-0.2, 0) is 5.41 Å². The second-order valence-corrected chi connectivity index (χ2v) is 15.1. The predicted molar refractivity (Wildman–Crippen MR) is 223 cm³/mol. The van der Waals surface area contributed by atoms with Crippen LogP contribution in [0.2, 0.25) is 0 Å². The van der Waals surface area contributed by atoms with Crippen molar-refractivity contribution in [1.82, 2.24) is 0 Å². The van der Waals surface area contributed by atoms with E-state index in [1.165, 1.54) is 87.4 Å². The molecular formula is C50H34N2S. The summed E-state index contributed by atoms with van der Waals surface area (Å²) < 4.78 is 2.62. The molecular weight excluding hydrogens is 661 g/mol. The van der Waals surface area contributed by atoms with Gasteiger partial charge in [-0.25, -0.2) is 0 Å². The smallest absolute Gasteiger partial charge is 0.0774 e. The minimum atomic E-state index is -0.501. The zero-order valence-corrected chi connectivity index (χ0v) is 29.7. The first-order valence-electron chi connectivity index (χ1n) is 18.3. The van der Waals surface area contributed by atoms with Gasteiger partial charge in [0.25, 0.3) is 0 Å². The molecule has 11 rings (SSSR count). The summed E-state index contributed by atoms with van der Waals surface area (Å²) >= 11 is 1.92. The van der Waals surface area contributed by atoms with Crippen LogP contribution in [0.1, 0.15) is 39.4 Å². The van der Waals surface area contributed by atoms with Crippen molar-refractivity contribution in [3.05, 3.63) is 228 Å². The van der Waals surface area contributed by atoms with Gasteiger partial charge in [-0.15, -0.1) is 11.3 Å². The number of nitrogens with zero attached hydrogens (tertiary/aromatic N) is 1. The van der Waals surface area contributed by atoms with Crippen LogP contribution in [-0.4, -0.2) is 0 Å². The Balaban J connectivity index is 1.20. The highest BCUT2D eigenvalue weighted by atomic mass is 32.1. The van der Waals surface area contributed by atoms with Gasteiger partial charge in [-0.05, 0) is 63.7 Å². The van der Waals surface area contributed by atoms with E-state index >= 15 is 0 Å². The normalized spacial score (nSPS) is 15.2. The first-order chi connectivity index (χ1) is 26.3. The molecule has 8 aromatic carbocycles. The summed E-state index contributed by atoms with van der Waals surface area (Å²) in [5, 5.41) is 6.47. The van der Waals surface area contributed by atoms with Gasteiger partial charge < -0.3 is 10.2 Å². The standard InChI is InChI=1S/C50H34N2S/c1-4-17-33(18-5-1)48-37-31-32-38-47-44(29-16-30-45(47)53-49(38)46(37)36-23-10-13-26-41(36)51-48)52-42-27-14-11-24-39(42)50(34-19-6-2-7-20-34,35-21-8-3-9-22-35)40-25-12-15-28-43(40)52/h1-32,48,51H. The van der Waals surface area contributed by atoms with Gasteiger partial charge in [0, 0.05) is 37.0 Å². The van der Waals surface area contributed by atoms with Crippen molar-refractivity contribution in [2.24, 2.45) is 0 Å². The molecule has 1 unspecified atom stereocenters. The molecule has 1 aromatic heterocycles. The molecule has 2 aliphatic rings. The van der Waals surface area contributed by atoms with E-state index in [0.29, 0.717) is 0 Å². The molecule has 1 N–H and O–H groups in total. The Hall–Kier alpha value is -6.42. The second-order valence-electron chi connectivity index (χ2n) is 14.0. The summed E-state index contributed by atoms with van der Waals surface area (Å²) in [6.45, 7) is 0. The minimum Gasteiger partial charge on any atom is -0.374 e. The minimum absolute atomic E-state index is 0.0696. The van der Waals surface area contributed by atoms with Crippen LogP contribution in [0.3, 0.4) is 0 Å². The van der Waals surface area contributed by atoms with Crippen LogP contribution in [0.5, 0.6) is 0 Å². The number of para-hydroxylation sites is 3. The lowest BCUT2D eigenvalue weighted by atomic mass is 9.62. The number of rotatable bonds is 4. The van der Waals surface area contributed by atoms with Crippen molar-refractivity contribution >= 4 is 54.3 Å². The lowest BCUT2D eigenvalue weighted by Gasteiger charge is -2.46. The first kappa shape index (κ1) is 30.2. The van der Waals surface area contributed by atoms with Crippen molar-refractivity contribution in [2.75, 3.05) is 10.2 Å². The Morgan fingerprint density at radius 2 is 1.06 bits per heavy atom. The number of nitrogens with one attached hydrogen (secondary N) is 1. The van der Waals surface area contributed by atoms with Gasteiger partial charge in [-0.2, -0.15) is 0 Å². The van der Waals surface area contributed by atoms with Crippen LogP contribution in [0.15, 0.2) is 194 Å². The van der Waals surface area contributed by atoms with Gasteiger partial charge >= 0.3 is 0 Å². The zero-order chi connectivity index (χ0) is 34.9. The third-order valence-corrected chi connectivity index (χ3v) is 12.6. The van der Waals surface area contributed by atoms with Gasteiger partial charge in [-0.1, -0.05) is 164 Å². The van der Waals surface area contributed by atoms with E-state index in [0.717, 1.165) is 0 Å². The summed E-state index contributed by atoms with van der Waals surface area (Å²) in [5.74, 6) is 0. The van der Waals surface area contributed by atoms with Gasteiger partial charge in [0.15, 0.2) is 0 Å². The molecule has 9 aromatic rings. The highest BCUT2D eigenvalue weighted by Gasteiger charge is 2.46. The van der Waals surface area contributed by atoms with Crippen LogP contribution in [0, 0.1) is 0 Å². The molecule has 3 heterocycles. The molecule has 2 aliphatic heterocycles. The van der Waals surface area contributed by atoms with Crippen molar-refractivity contribution in [1.29, 1.82) is 0 Å². The van der Waals surface area contributed by atoms with Crippen LogP contribution in [0.25, 0.3) is 31.3 Å². The monoisotopic (exact) mass is 694 g/mol. The van der Waals surface area contributed by atoms with Gasteiger partial charge in [-0.3, -0.25) is 0 Å². The third-order valence-electron chi connectivity index (χ3n) is 11.4. The average molecular weight is 695 g/mol. The molecule has 3 heteroatoms. The molecule has 0 radical (unpaired) electrons. The van der Waals surface area contributed by atoms with Crippen molar-refractivity contribution in [3.63, 3.8) is 0 Å². The molecule has 2 nitrogen and oxygen atoms in total. The average Bonchev–Trinajstić information content (AvgIpc) is 3.63. The molecule has 1 atom stereocenters. The number of thiophene rings is 1. The Bertz CT molecular complexity index is 2730. The Labute approximate surface area is 313 Å². The Kier molecular flexibility index (Phi) is 6.74. The summed E-state index contributed by atoms with van der Waals surface area (Å²) in [4.78, 5) is 2.53. The lowest BCUT2D eigenvalue weighted by molar-refractivity contribution is 0.731. The lowest BCUT2D eigenvalue weighted by Crippen LogP contribution is -2.37. The second kappa shape index (κ2) is 11.8. The molecule has 250 valence electrons. The molecule has 0 saturated heterocycles. The zero-order valence-electron chi connectivity index (χ0n) is 28.9. The van der Waals surface area contributed by atoms with E-state index in [2.05, 4.69) is 204 Å². The van der Waals surface area contributed by atoms with Crippen LogP contribution >= 0.6 is 11.3 Å². The fourth-order valence-electron chi connectivity index (χ4n) is 9.23. The number of fused-ring (bicyclic) bond motifs is 9. The Morgan fingerprint density at radius 3 is 1.74 bits per heavy atom. The molecule has 0 saturated carbocycles. The number of hydrogen-bond donors (Lipinski definition) is 1. The molecule has 53 heavy (non-hydrogen) atoms. The first-order valence-corrected chi connectivity index (χ1v) is 19.1. The maximum atomic E-state index is 3.88. The maximum absolute atomic E-state index is 3.88. The molecule has 0 aliphatic carbocycles. The topological polar surface area (TPSA) is 15.3 Å². The predicted octanol–water partition coefficient (Wildman–Crippen LogP) is 13.4. The molecule has 0 amide bonds. The third kappa shape index (κ3) is 4.32. The SMILES string of the molecule is c1ccc(C2Nc3ccccc3-c3c2ccc2c3sc3cccc(N4c5ccccc5C(c5ccccc5)(c5ccccc5)c5ccccc54)c32)cc1. The summed E-state index contributed by atoms with van der Waals surface area (Å²) in [7, 11) is 0. The van der Waals surface area contributed by atoms with Crippen LogP contribution in [0.4, 0.5) is 22.7 Å². The van der Waals surface area contributed by atoms with E-state index in [1.807, 2.05) is 11.3 Å². The van der Waals surface area contributed by atoms with E-state index < -0.39 is 5.41 Å². The van der Waals surface area contributed by atoms with Crippen molar-refractivity contribution in [3.8, 4) is 11.1 Å². The summed E-state index contributed by atoms with van der Waals surface area (Å²) in [6, 6.07) is 71.5. The summed E-state index contributed by atoms with van der Waals surface area (Å²) in [5.41, 5.74) is 14.5. The molecule has 0 bridgehead atoms. The maximum Gasteiger partial charge on any atom is 0.0774 e.